The molecule has 0 unspecified atom stereocenters. The fourth-order valence-electron chi connectivity index (χ4n) is 1.66. The number of nitrogens with zero attached hydrogens (tertiary/aromatic N) is 4. The molecule has 2 heterocycles. The number of hydrogen-bond donors (Lipinski definition) is 2. The lowest BCUT2D eigenvalue weighted by atomic mass is 10.1. The third kappa shape index (κ3) is 4.19. The van der Waals surface area contributed by atoms with E-state index in [4.69, 9.17) is 5.84 Å². The van der Waals surface area contributed by atoms with Crippen LogP contribution in [-0.2, 0) is 4.79 Å². The maximum absolute atomic E-state index is 11.8. The fourth-order valence-corrected chi connectivity index (χ4v) is 2.31. The molecule has 0 atom stereocenters. The third-order valence-electron chi connectivity index (χ3n) is 2.45. The van der Waals surface area contributed by atoms with E-state index in [2.05, 4.69) is 20.5 Å². The zero-order valence-electron chi connectivity index (χ0n) is 12.2. The van der Waals surface area contributed by atoms with E-state index in [1.165, 1.54) is 16.4 Å². The van der Waals surface area contributed by atoms with E-state index in [-0.39, 0.29) is 17.2 Å². The van der Waals surface area contributed by atoms with Gasteiger partial charge in [0.05, 0.1) is 5.75 Å². The quantitative estimate of drug-likeness (QED) is 0.647. The molecule has 2 aromatic rings. The van der Waals surface area contributed by atoms with Crippen LogP contribution in [-0.4, -0.2) is 37.1 Å². The molecule has 0 aliphatic heterocycles. The summed E-state index contributed by atoms with van der Waals surface area (Å²) in [5.74, 6) is 6.68. The molecule has 0 saturated carbocycles. The Labute approximate surface area is 127 Å². The van der Waals surface area contributed by atoms with Crippen LogP contribution in [0.3, 0.4) is 0 Å². The first kappa shape index (κ1) is 15.3. The van der Waals surface area contributed by atoms with Gasteiger partial charge in [-0.15, -0.1) is 10.2 Å². The first-order chi connectivity index (χ1) is 9.87. The Morgan fingerprint density at radius 2 is 2.00 bits per heavy atom. The van der Waals surface area contributed by atoms with E-state index >= 15 is 0 Å². The van der Waals surface area contributed by atoms with Crippen LogP contribution in [0.4, 0.5) is 0 Å². The number of hydrogen-bond acceptors (Lipinski definition) is 6. The average molecular weight is 306 g/mol. The predicted octanol–water partition coefficient (Wildman–Crippen LogP) is 1.06. The minimum atomic E-state index is -0.254. The Morgan fingerprint density at radius 1 is 1.33 bits per heavy atom. The summed E-state index contributed by atoms with van der Waals surface area (Å²) >= 11 is 1.25. The van der Waals surface area contributed by atoms with Crippen LogP contribution in [0.25, 0.3) is 11.4 Å². The molecule has 7 nitrogen and oxygen atoms in total. The summed E-state index contributed by atoms with van der Waals surface area (Å²) < 4.78 is 1.38. The number of nitrogens with two attached hydrogens (primary N) is 1. The van der Waals surface area contributed by atoms with Gasteiger partial charge < -0.3 is 11.2 Å². The van der Waals surface area contributed by atoms with Crippen LogP contribution in [0, 0.1) is 0 Å². The number of nitrogen functional groups attached to an aromatic ring is 1. The van der Waals surface area contributed by atoms with Crippen molar-refractivity contribution in [2.45, 2.75) is 31.5 Å². The van der Waals surface area contributed by atoms with Gasteiger partial charge in [-0.25, -0.2) is 4.68 Å². The third-order valence-corrected chi connectivity index (χ3v) is 3.39. The maximum Gasteiger partial charge on any atom is 0.230 e. The molecular formula is C13H18N6OS. The number of carbonyl (C=O) groups excluding carboxylic acids is 1. The molecule has 0 aromatic carbocycles. The summed E-state index contributed by atoms with van der Waals surface area (Å²) in [4.78, 5) is 15.7. The number of carbonyl (C=O) groups is 1. The number of amides is 1. The summed E-state index contributed by atoms with van der Waals surface area (Å²) in [6.07, 6.45) is 3.32. The lowest BCUT2D eigenvalue weighted by Gasteiger charge is -2.20. The Morgan fingerprint density at radius 3 is 2.62 bits per heavy atom. The van der Waals surface area contributed by atoms with Crippen LogP contribution < -0.4 is 11.2 Å². The van der Waals surface area contributed by atoms with E-state index in [0.717, 1.165) is 5.56 Å². The van der Waals surface area contributed by atoms with E-state index in [1.54, 1.807) is 24.5 Å². The van der Waals surface area contributed by atoms with Crippen molar-refractivity contribution in [1.29, 1.82) is 0 Å². The molecule has 0 aliphatic carbocycles. The molecule has 112 valence electrons. The normalized spacial score (nSPS) is 11.4. The minimum Gasteiger partial charge on any atom is -0.351 e. The monoisotopic (exact) mass is 306 g/mol. The highest BCUT2D eigenvalue weighted by Crippen LogP contribution is 2.20. The van der Waals surface area contributed by atoms with Gasteiger partial charge in [0.25, 0.3) is 0 Å². The summed E-state index contributed by atoms with van der Waals surface area (Å²) in [6, 6.07) is 3.60. The Kier molecular flexibility index (Phi) is 4.46. The highest BCUT2D eigenvalue weighted by molar-refractivity contribution is 7.99. The summed E-state index contributed by atoms with van der Waals surface area (Å²) in [5.41, 5.74) is 0.571. The van der Waals surface area contributed by atoms with E-state index in [1.807, 2.05) is 20.8 Å². The Hall–Kier alpha value is -2.09. The molecule has 8 heteroatoms. The van der Waals surface area contributed by atoms with Gasteiger partial charge >= 0.3 is 0 Å². The second-order valence-electron chi connectivity index (χ2n) is 5.50. The molecule has 3 N–H and O–H groups in total. The van der Waals surface area contributed by atoms with Gasteiger partial charge in [0, 0.05) is 23.5 Å². The summed E-state index contributed by atoms with van der Waals surface area (Å²) in [5, 5.41) is 11.4. The average Bonchev–Trinajstić information content (AvgIpc) is 2.77. The molecule has 1 amide bonds. The zero-order chi connectivity index (χ0) is 15.5. The molecule has 0 fully saturated rings. The first-order valence-corrected chi connectivity index (χ1v) is 7.40. The molecular weight excluding hydrogens is 288 g/mol. The van der Waals surface area contributed by atoms with Crippen LogP contribution in [0.2, 0.25) is 0 Å². The van der Waals surface area contributed by atoms with Crippen molar-refractivity contribution in [3.05, 3.63) is 24.5 Å². The zero-order valence-corrected chi connectivity index (χ0v) is 13.0. The number of rotatable bonds is 4. The van der Waals surface area contributed by atoms with Gasteiger partial charge in [-0.2, -0.15) is 0 Å². The van der Waals surface area contributed by atoms with Gasteiger partial charge in [0.15, 0.2) is 5.82 Å². The first-order valence-electron chi connectivity index (χ1n) is 6.41. The minimum absolute atomic E-state index is 0.0686. The molecule has 2 rings (SSSR count). The number of nitrogens with one attached hydrogen (secondary N) is 1. The molecule has 0 aliphatic rings. The highest BCUT2D eigenvalue weighted by atomic mass is 32.2. The summed E-state index contributed by atoms with van der Waals surface area (Å²) in [7, 11) is 0. The van der Waals surface area contributed by atoms with E-state index < -0.39 is 0 Å². The fraction of sp³-hybridized carbons (Fsp3) is 0.385. The summed E-state index contributed by atoms with van der Waals surface area (Å²) in [6.45, 7) is 5.80. The number of thioether (sulfide) groups is 1. The molecule has 0 spiro atoms. The van der Waals surface area contributed by atoms with Gasteiger partial charge in [0.2, 0.25) is 11.1 Å². The molecule has 2 aromatic heterocycles. The second kappa shape index (κ2) is 6.13. The Bertz CT molecular complexity index is 619. The van der Waals surface area contributed by atoms with Crippen LogP contribution in [0.5, 0.6) is 0 Å². The van der Waals surface area contributed by atoms with Gasteiger partial charge in [-0.3, -0.25) is 9.78 Å². The Balaban J connectivity index is 2.03. The number of pyridine rings is 1. The highest BCUT2D eigenvalue weighted by Gasteiger charge is 2.16. The predicted molar refractivity (Wildman–Crippen MR) is 82.0 cm³/mol. The van der Waals surface area contributed by atoms with Crippen molar-refractivity contribution in [1.82, 2.24) is 25.2 Å². The SMILES string of the molecule is CC(C)(C)NC(=O)CSc1nnc(-c2ccncc2)n1N. The van der Waals surface area contributed by atoms with Gasteiger partial charge in [-0.05, 0) is 32.9 Å². The molecule has 0 saturated heterocycles. The van der Waals surface area contributed by atoms with Crippen molar-refractivity contribution in [2.75, 3.05) is 11.6 Å². The van der Waals surface area contributed by atoms with Crippen molar-refractivity contribution >= 4 is 17.7 Å². The van der Waals surface area contributed by atoms with Crippen LogP contribution >= 0.6 is 11.8 Å². The smallest absolute Gasteiger partial charge is 0.230 e. The largest absolute Gasteiger partial charge is 0.351 e. The molecule has 0 radical (unpaired) electrons. The lowest BCUT2D eigenvalue weighted by molar-refractivity contribution is -0.119. The molecule has 21 heavy (non-hydrogen) atoms. The van der Waals surface area contributed by atoms with Crippen molar-refractivity contribution in [2.24, 2.45) is 0 Å². The second-order valence-corrected chi connectivity index (χ2v) is 6.44. The van der Waals surface area contributed by atoms with Crippen LogP contribution in [0.15, 0.2) is 29.7 Å². The van der Waals surface area contributed by atoms with Gasteiger partial charge in [-0.1, -0.05) is 11.8 Å². The van der Waals surface area contributed by atoms with E-state index in [9.17, 15) is 4.79 Å². The van der Waals surface area contributed by atoms with E-state index in [0.29, 0.717) is 11.0 Å². The van der Waals surface area contributed by atoms with Crippen molar-refractivity contribution < 1.29 is 4.79 Å². The van der Waals surface area contributed by atoms with Crippen molar-refractivity contribution in [3.63, 3.8) is 0 Å². The maximum atomic E-state index is 11.8. The van der Waals surface area contributed by atoms with Gasteiger partial charge in [0.1, 0.15) is 0 Å². The molecule has 0 bridgehead atoms. The standard InChI is InChI=1S/C13H18N6OS/c1-13(2,3)16-10(20)8-21-12-18-17-11(19(12)14)9-4-6-15-7-5-9/h4-7H,8,14H2,1-3H3,(H,16,20). The van der Waals surface area contributed by atoms with Crippen LogP contribution in [0.1, 0.15) is 20.8 Å². The number of aromatic nitrogens is 4. The van der Waals surface area contributed by atoms with Crippen molar-refractivity contribution in [3.8, 4) is 11.4 Å². The lowest BCUT2D eigenvalue weighted by Crippen LogP contribution is -2.41. The topological polar surface area (TPSA) is 98.7 Å².